The number of nitrogens with zero attached hydrogens (tertiary/aromatic N) is 1. The summed E-state index contributed by atoms with van der Waals surface area (Å²) in [5, 5.41) is 12.1. The van der Waals surface area contributed by atoms with Crippen LogP contribution in [-0.2, 0) is 25.5 Å². The molecule has 0 spiro atoms. The Hall–Kier alpha value is -2.41. The highest BCUT2D eigenvalue weighted by atomic mass is 16.5. The number of rotatable bonds is 9. The summed E-state index contributed by atoms with van der Waals surface area (Å²) in [4.78, 5) is 37.0. The monoisotopic (exact) mass is 362 g/mol. The molecule has 2 N–H and O–H groups in total. The van der Waals surface area contributed by atoms with Gasteiger partial charge in [-0.05, 0) is 18.4 Å². The molecule has 1 aromatic carbocycles. The predicted octanol–water partition coefficient (Wildman–Crippen LogP) is 1.07. The summed E-state index contributed by atoms with van der Waals surface area (Å²) in [5.41, 5.74) is 0.832. The SMILES string of the molecule is COC(C(C)C(=O)NC(Cc1ccccc1)C(=O)O)C1CCCN1C=O. The standard InChI is InChI=1S/C19H26N2O5/c1-13(17(26-2)16-9-6-10-21(16)12-22)18(23)20-15(19(24)25)11-14-7-4-3-5-8-14/h3-5,7-8,12-13,15-17H,6,9-11H2,1-2H3,(H,20,23)(H,24,25). The van der Waals surface area contributed by atoms with Gasteiger partial charge in [-0.2, -0.15) is 0 Å². The number of likely N-dealkylation sites (tertiary alicyclic amines) is 1. The Morgan fingerprint density at radius 2 is 2.08 bits per heavy atom. The topological polar surface area (TPSA) is 95.9 Å². The normalized spacial score (nSPS) is 20.2. The molecule has 1 aliphatic heterocycles. The highest BCUT2D eigenvalue weighted by Gasteiger charge is 2.38. The maximum atomic E-state index is 12.6. The number of methoxy groups -OCH3 is 1. The molecule has 4 unspecified atom stereocenters. The Bertz CT molecular complexity index is 622. The van der Waals surface area contributed by atoms with Crippen molar-refractivity contribution in [3.05, 3.63) is 35.9 Å². The average molecular weight is 362 g/mol. The fraction of sp³-hybridized carbons (Fsp3) is 0.526. The molecule has 1 heterocycles. The minimum atomic E-state index is -1.08. The van der Waals surface area contributed by atoms with Gasteiger partial charge in [0.2, 0.25) is 12.3 Å². The number of aliphatic carboxylic acids is 1. The van der Waals surface area contributed by atoms with Crippen molar-refractivity contribution in [1.29, 1.82) is 0 Å². The molecule has 7 heteroatoms. The molecule has 1 aromatic rings. The Labute approximate surface area is 153 Å². The molecular formula is C19H26N2O5. The van der Waals surface area contributed by atoms with Gasteiger partial charge in [0.05, 0.1) is 18.1 Å². The molecule has 0 aliphatic carbocycles. The number of amides is 2. The van der Waals surface area contributed by atoms with Gasteiger partial charge in [-0.15, -0.1) is 0 Å². The molecule has 1 aliphatic rings. The van der Waals surface area contributed by atoms with Crippen LogP contribution in [0.25, 0.3) is 0 Å². The Morgan fingerprint density at radius 3 is 2.65 bits per heavy atom. The van der Waals surface area contributed by atoms with Gasteiger partial charge in [0.1, 0.15) is 6.04 Å². The van der Waals surface area contributed by atoms with E-state index in [0.717, 1.165) is 24.8 Å². The number of ether oxygens (including phenoxy) is 1. The second-order valence-corrected chi connectivity index (χ2v) is 6.63. The van der Waals surface area contributed by atoms with Gasteiger partial charge in [-0.3, -0.25) is 9.59 Å². The summed E-state index contributed by atoms with van der Waals surface area (Å²) < 4.78 is 5.50. The van der Waals surface area contributed by atoms with Gasteiger partial charge in [0, 0.05) is 20.1 Å². The molecule has 1 fully saturated rings. The van der Waals surface area contributed by atoms with E-state index in [2.05, 4.69) is 5.32 Å². The summed E-state index contributed by atoms with van der Waals surface area (Å²) in [7, 11) is 1.51. The first kappa shape index (κ1) is 19.9. The molecule has 0 radical (unpaired) electrons. The third-order valence-corrected chi connectivity index (χ3v) is 4.93. The fourth-order valence-corrected chi connectivity index (χ4v) is 3.50. The number of hydrogen-bond donors (Lipinski definition) is 2. The van der Waals surface area contributed by atoms with E-state index in [9.17, 15) is 19.5 Å². The number of carbonyl (C=O) groups is 3. The zero-order chi connectivity index (χ0) is 19.1. The van der Waals surface area contributed by atoms with E-state index in [-0.39, 0.29) is 12.5 Å². The summed E-state index contributed by atoms with van der Waals surface area (Å²) in [6, 6.07) is 7.96. The lowest BCUT2D eigenvalue weighted by atomic mass is 9.94. The van der Waals surface area contributed by atoms with Crippen molar-refractivity contribution in [1.82, 2.24) is 10.2 Å². The van der Waals surface area contributed by atoms with Crippen LogP contribution in [0.4, 0.5) is 0 Å². The van der Waals surface area contributed by atoms with E-state index >= 15 is 0 Å². The van der Waals surface area contributed by atoms with Crippen LogP contribution in [0, 0.1) is 5.92 Å². The van der Waals surface area contributed by atoms with E-state index in [1.54, 1.807) is 11.8 Å². The van der Waals surface area contributed by atoms with Gasteiger partial charge < -0.3 is 20.1 Å². The summed E-state index contributed by atoms with van der Waals surface area (Å²) in [5.74, 6) is -2.06. The number of carboxylic acids is 1. The minimum Gasteiger partial charge on any atom is -0.480 e. The van der Waals surface area contributed by atoms with Crippen LogP contribution in [0.1, 0.15) is 25.3 Å². The van der Waals surface area contributed by atoms with Crippen LogP contribution < -0.4 is 5.32 Å². The van der Waals surface area contributed by atoms with Crippen molar-refractivity contribution < 1.29 is 24.2 Å². The molecule has 26 heavy (non-hydrogen) atoms. The first-order chi connectivity index (χ1) is 12.5. The van der Waals surface area contributed by atoms with Gasteiger partial charge in [0.25, 0.3) is 0 Å². The fourth-order valence-electron chi connectivity index (χ4n) is 3.50. The summed E-state index contributed by atoms with van der Waals surface area (Å²) in [6.45, 7) is 2.35. The molecule has 7 nitrogen and oxygen atoms in total. The smallest absolute Gasteiger partial charge is 0.326 e. The second kappa shape index (κ2) is 9.33. The third-order valence-electron chi connectivity index (χ3n) is 4.93. The molecule has 0 aromatic heterocycles. The first-order valence-corrected chi connectivity index (χ1v) is 8.78. The minimum absolute atomic E-state index is 0.171. The number of hydrogen-bond acceptors (Lipinski definition) is 4. The zero-order valence-electron chi connectivity index (χ0n) is 15.1. The predicted molar refractivity (Wildman–Crippen MR) is 95.5 cm³/mol. The highest BCUT2D eigenvalue weighted by Crippen LogP contribution is 2.25. The number of benzene rings is 1. The van der Waals surface area contributed by atoms with Crippen molar-refractivity contribution in [2.45, 2.75) is 44.4 Å². The lowest BCUT2D eigenvalue weighted by molar-refractivity contribution is -0.144. The number of carboxylic acid groups (broad SMARTS) is 1. The van der Waals surface area contributed by atoms with E-state index in [1.165, 1.54) is 7.11 Å². The van der Waals surface area contributed by atoms with Crippen molar-refractivity contribution in [3.63, 3.8) is 0 Å². The van der Waals surface area contributed by atoms with E-state index in [4.69, 9.17) is 4.74 Å². The largest absolute Gasteiger partial charge is 0.480 e. The highest BCUT2D eigenvalue weighted by molar-refractivity contribution is 5.85. The number of nitrogens with one attached hydrogen (secondary N) is 1. The van der Waals surface area contributed by atoms with Crippen molar-refractivity contribution >= 4 is 18.3 Å². The van der Waals surface area contributed by atoms with E-state index < -0.39 is 29.9 Å². The zero-order valence-corrected chi connectivity index (χ0v) is 15.1. The Morgan fingerprint density at radius 1 is 1.38 bits per heavy atom. The van der Waals surface area contributed by atoms with Crippen LogP contribution in [0.15, 0.2) is 30.3 Å². The second-order valence-electron chi connectivity index (χ2n) is 6.63. The first-order valence-electron chi connectivity index (χ1n) is 8.78. The van der Waals surface area contributed by atoms with Gasteiger partial charge in [0.15, 0.2) is 0 Å². The van der Waals surface area contributed by atoms with Crippen LogP contribution in [0.5, 0.6) is 0 Å². The lowest BCUT2D eigenvalue weighted by Gasteiger charge is -2.32. The molecule has 0 bridgehead atoms. The van der Waals surface area contributed by atoms with E-state index in [0.29, 0.717) is 6.54 Å². The molecule has 1 saturated heterocycles. The van der Waals surface area contributed by atoms with Crippen LogP contribution in [0.2, 0.25) is 0 Å². The maximum Gasteiger partial charge on any atom is 0.326 e. The molecule has 2 amide bonds. The quantitative estimate of drug-likeness (QED) is 0.641. The number of carbonyl (C=O) groups excluding carboxylic acids is 2. The molecule has 0 saturated carbocycles. The van der Waals surface area contributed by atoms with Gasteiger partial charge in [-0.25, -0.2) is 4.79 Å². The summed E-state index contributed by atoms with van der Waals surface area (Å²) in [6.07, 6.45) is 2.14. The Balaban J connectivity index is 2.04. The lowest BCUT2D eigenvalue weighted by Crippen LogP contribution is -2.51. The molecule has 2 rings (SSSR count). The summed E-state index contributed by atoms with van der Waals surface area (Å²) >= 11 is 0. The van der Waals surface area contributed by atoms with Crippen molar-refractivity contribution in [2.24, 2.45) is 5.92 Å². The van der Waals surface area contributed by atoms with E-state index in [1.807, 2.05) is 30.3 Å². The maximum absolute atomic E-state index is 12.6. The van der Waals surface area contributed by atoms with Gasteiger partial charge in [-0.1, -0.05) is 37.3 Å². The molecule has 142 valence electrons. The van der Waals surface area contributed by atoms with Gasteiger partial charge >= 0.3 is 5.97 Å². The molecule has 4 atom stereocenters. The van der Waals surface area contributed by atoms with Crippen LogP contribution >= 0.6 is 0 Å². The average Bonchev–Trinajstić information content (AvgIpc) is 3.10. The Kier molecular flexibility index (Phi) is 7.15. The third kappa shape index (κ3) is 4.82. The van der Waals surface area contributed by atoms with Crippen LogP contribution in [0.3, 0.4) is 0 Å². The van der Waals surface area contributed by atoms with Crippen LogP contribution in [-0.4, -0.2) is 60.1 Å². The van der Waals surface area contributed by atoms with Crippen molar-refractivity contribution in [2.75, 3.05) is 13.7 Å². The van der Waals surface area contributed by atoms with Crippen molar-refractivity contribution in [3.8, 4) is 0 Å². The molecular weight excluding hydrogens is 336 g/mol.